The third kappa shape index (κ3) is 3.79. The minimum atomic E-state index is -3.59. The molecule has 0 saturated heterocycles. The first-order valence-electron chi connectivity index (χ1n) is 8.99. The number of benzene rings is 2. The van der Waals surface area contributed by atoms with Gasteiger partial charge in [0.05, 0.1) is 12.0 Å². The van der Waals surface area contributed by atoms with Gasteiger partial charge in [0.25, 0.3) is 0 Å². The molecule has 0 fully saturated rings. The summed E-state index contributed by atoms with van der Waals surface area (Å²) in [6.07, 6.45) is 0. The molecule has 0 N–H and O–H groups in total. The van der Waals surface area contributed by atoms with Crippen molar-refractivity contribution in [1.82, 2.24) is 14.5 Å². The Morgan fingerprint density at radius 1 is 0.964 bits per heavy atom. The molecule has 0 aliphatic rings. The maximum absolute atomic E-state index is 12.9. The molecule has 1 heterocycles. The highest BCUT2D eigenvalue weighted by Crippen LogP contribution is 2.29. The summed E-state index contributed by atoms with van der Waals surface area (Å²) in [7, 11) is -1.99. The van der Waals surface area contributed by atoms with Gasteiger partial charge in [-0.05, 0) is 48.9 Å². The van der Waals surface area contributed by atoms with Gasteiger partial charge in [0, 0.05) is 24.2 Å². The summed E-state index contributed by atoms with van der Waals surface area (Å²) in [5.74, 6) is 1.35. The van der Waals surface area contributed by atoms with Gasteiger partial charge in [-0.3, -0.25) is 0 Å². The van der Waals surface area contributed by atoms with Crippen LogP contribution in [0.1, 0.15) is 19.4 Å². The number of aryl methyl sites for hydroxylation is 1. The Morgan fingerprint density at radius 3 is 2.11 bits per heavy atom. The summed E-state index contributed by atoms with van der Waals surface area (Å²) >= 11 is 0. The van der Waals surface area contributed by atoms with Crippen molar-refractivity contribution in [1.29, 1.82) is 0 Å². The summed E-state index contributed by atoms with van der Waals surface area (Å²) < 4.78 is 38.2. The van der Waals surface area contributed by atoms with Gasteiger partial charge in [-0.1, -0.05) is 19.9 Å². The van der Waals surface area contributed by atoms with Crippen molar-refractivity contribution in [2.45, 2.75) is 25.7 Å². The molecule has 0 unspecified atom stereocenters. The van der Waals surface area contributed by atoms with Gasteiger partial charge in [0.2, 0.25) is 21.8 Å². The second-order valence-corrected chi connectivity index (χ2v) is 8.12. The standard InChI is InChI=1S/C20H23N3O4S/c1-5-23(6-2)28(24,25)18-13-16(8-7-14(18)3)20-22-21-19(27-20)15-9-11-17(26-4)12-10-15/h7-13H,5-6H2,1-4H3. The van der Waals surface area contributed by atoms with E-state index in [0.29, 0.717) is 30.1 Å². The quantitative estimate of drug-likeness (QED) is 0.599. The van der Waals surface area contributed by atoms with Crippen molar-refractivity contribution in [3.63, 3.8) is 0 Å². The predicted octanol–water partition coefficient (Wildman–Crippen LogP) is 3.75. The van der Waals surface area contributed by atoms with E-state index in [1.807, 2.05) is 26.0 Å². The Labute approximate surface area is 165 Å². The van der Waals surface area contributed by atoms with E-state index in [9.17, 15) is 8.42 Å². The molecule has 0 atom stereocenters. The zero-order chi connectivity index (χ0) is 20.3. The van der Waals surface area contributed by atoms with E-state index in [1.54, 1.807) is 44.4 Å². The molecule has 0 bridgehead atoms. The van der Waals surface area contributed by atoms with Crippen LogP contribution in [0.2, 0.25) is 0 Å². The van der Waals surface area contributed by atoms with Crippen LogP contribution in [-0.2, 0) is 10.0 Å². The zero-order valence-corrected chi connectivity index (χ0v) is 17.2. The third-order valence-corrected chi connectivity index (χ3v) is 6.71. The molecule has 1 aromatic heterocycles. The summed E-state index contributed by atoms with van der Waals surface area (Å²) in [6.45, 7) is 6.23. The molecule has 8 heteroatoms. The van der Waals surface area contributed by atoms with E-state index in [0.717, 1.165) is 11.3 Å². The minimum absolute atomic E-state index is 0.248. The molecule has 0 aliphatic carbocycles. The Bertz CT molecular complexity index is 1060. The van der Waals surface area contributed by atoms with Crippen molar-refractivity contribution in [3.8, 4) is 28.7 Å². The second kappa shape index (κ2) is 8.12. The topological polar surface area (TPSA) is 85.5 Å². The van der Waals surface area contributed by atoms with Crippen LogP contribution in [0.15, 0.2) is 51.8 Å². The monoisotopic (exact) mass is 401 g/mol. The van der Waals surface area contributed by atoms with Crippen molar-refractivity contribution >= 4 is 10.0 Å². The van der Waals surface area contributed by atoms with Gasteiger partial charge in [-0.25, -0.2) is 8.42 Å². The van der Waals surface area contributed by atoms with Gasteiger partial charge < -0.3 is 9.15 Å². The lowest BCUT2D eigenvalue weighted by Crippen LogP contribution is -2.31. The van der Waals surface area contributed by atoms with E-state index in [-0.39, 0.29) is 10.8 Å². The van der Waals surface area contributed by atoms with Crippen LogP contribution in [-0.4, -0.2) is 43.1 Å². The fourth-order valence-corrected chi connectivity index (χ4v) is 4.61. The van der Waals surface area contributed by atoms with E-state index in [2.05, 4.69) is 10.2 Å². The van der Waals surface area contributed by atoms with Gasteiger partial charge >= 0.3 is 0 Å². The second-order valence-electron chi connectivity index (χ2n) is 6.21. The van der Waals surface area contributed by atoms with Crippen LogP contribution < -0.4 is 4.74 Å². The third-order valence-electron chi connectivity index (χ3n) is 4.52. The van der Waals surface area contributed by atoms with E-state index in [4.69, 9.17) is 9.15 Å². The van der Waals surface area contributed by atoms with Crippen LogP contribution in [0, 0.1) is 6.92 Å². The first-order chi connectivity index (χ1) is 13.4. The fourth-order valence-electron chi connectivity index (χ4n) is 2.90. The molecule has 3 rings (SSSR count). The molecule has 0 aliphatic heterocycles. The highest BCUT2D eigenvalue weighted by atomic mass is 32.2. The highest BCUT2D eigenvalue weighted by Gasteiger charge is 2.24. The molecule has 0 spiro atoms. The number of methoxy groups -OCH3 is 1. The summed E-state index contributed by atoms with van der Waals surface area (Å²) in [6, 6.07) is 12.4. The molecule has 0 amide bonds. The van der Waals surface area contributed by atoms with E-state index < -0.39 is 10.0 Å². The molecule has 3 aromatic rings. The number of hydrogen-bond acceptors (Lipinski definition) is 6. The van der Waals surface area contributed by atoms with Crippen molar-refractivity contribution in [3.05, 3.63) is 48.0 Å². The smallest absolute Gasteiger partial charge is 0.248 e. The lowest BCUT2D eigenvalue weighted by Gasteiger charge is -2.20. The average Bonchev–Trinajstić information content (AvgIpc) is 3.19. The van der Waals surface area contributed by atoms with Gasteiger partial charge in [-0.2, -0.15) is 4.31 Å². The maximum atomic E-state index is 12.9. The number of nitrogens with zero attached hydrogens (tertiary/aromatic N) is 3. The Morgan fingerprint density at radius 2 is 1.54 bits per heavy atom. The molecular weight excluding hydrogens is 378 g/mol. The molecule has 0 saturated carbocycles. The van der Waals surface area contributed by atoms with Gasteiger partial charge in [0.1, 0.15) is 5.75 Å². The number of hydrogen-bond donors (Lipinski definition) is 0. The number of aromatic nitrogens is 2. The van der Waals surface area contributed by atoms with E-state index >= 15 is 0 Å². The Hall–Kier alpha value is -2.71. The summed E-state index contributed by atoms with van der Waals surface area (Å²) in [5.41, 5.74) is 1.98. The summed E-state index contributed by atoms with van der Waals surface area (Å²) in [4.78, 5) is 0.248. The first-order valence-corrected chi connectivity index (χ1v) is 10.4. The predicted molar refractivity (Wildman–Crippen MR) is 107 cm³/mol. The van der Waals surface area contributed by atoms with Crippen molar-refractivity contribution < 1.29 is 17.6 Å². The SMILES string of the molecule is CCN(CC)S(=O)(=O)c1cc(-c2nnc(-c3ccc(OC)cc3)o2)ccc1C. The Balaban J connectivity index is 1.98. The average molecular weight is 401 g/mol. The molecule has 7 nitrogen and oxygen atoms in total. The largest absolute Gasteiger partial charge is 0.497 e. The molecule has 2 aromatic carbocycles. The van der Waals surface area contributed by atoms with Crippen LogP contribution in [0.5, 0.6) is 5.75 Å². The lowest BCUT2D eigenvalue weighted by molar-refractivity contribution is 0.415. The van der Waals surface area contributed by atoms with Crippen LogP contribution in [0.25, 0.3) is 22.9 Å². The number of ether oxygens (including phenoxy) is 1. The molecule has 0 radical (unpaired) electrons. The van der Waals surface area contributed by atoms with Crippen molar-refractivity contribution in [2.24, 2.45) is 0 Å². The molecular formula is C20H23N3O4S. The van der Waals surface area contributed by atoms with Gasteiger partial charge in [-0.15, -0.1) is 10.2 Å². The molecule has 28 heavy (non-hydrogen) atoms. The van der Waals surface area contributed by atoms with Crippen LogP contribution in [0.4, 0.5) is 0 Å². The minimum Gasteiger partial charge on any atom is -0.497 e. The first kappa shape index (κ1) is 20.0. The van der Waals surface area contributed by atoms with Crippen molar-refractivity contribution in [2.75, 3.05) is 20.2 Å². The number of sulfonamides is 1. The van der Waals surface area contributed by atoms with Crippen LogP contribution in [0.3, 0.4) is 0 Å². The lowest BCUT2D eigenvalue weighted by atomic mass is 10.1. The fraction of sp³-hybridized carbons (Fsp3) is 0.300. The molecule has 148 valence electrons. The van der Waals surface area contributed by atoms with Crippen LogP contribution >= 0.6 is 0 Å². The zero-order valence-electron chi connectivity index (χ0n) is 16.3. The number of rotatable bonds is 7. The van der Waals surface area contributed by atoms with E-state index in [1.165, 1.54) is 4.31 Å². The summed E-state index contributed by atoms with van der Waals surface area (Å²) in [5, 5.41) is 8.17. The highest BCUT2D eigenvalue weighted by molar-refractivity contribution is 7.89. The Kier molecular flexibility index (Phi) is 5.81. The van der Waals surface area contributed by atoms with Gasteiger partial charge in [0.15, 0.2) is 0 Å². The maximum Gasteiger partial charge on any atom is 0.248 e. The normalized spacial score (nSPS) is 11.8.